The molecule has 2 N–H and O–H groups in total. The van der Waals surface area contributed by atoms with Crippen molar-refractivity contribution in [1.82, 2.24) is 20.4 Å². The lowest BCUT2D eigenvalue weighted by Gasteiger charge is -2.40. The van der Waals surface area contributed by atoms with Gasteiger partial charge in [0, 0.05) is 25.1 Å². The highest BCUT2D eigenvalue weighted by atomic mass is 16.6. The highest BCUT2D eigenvalue weighted by Crippen LogP contribution is 2.37. The number of ether oxygens (including phenoxy) is 2. The molecule has 14 heteroatoms. The number of nitro groups is 1. The van der Waals surface area contributed by atoms with Gasteiger partial charge in [-0.15, -0.1) is 0 Å². The maximum atomic E-state index is 13.6. The fourth-order valence-electron chi connectivity index (χ4n) is 6.05. The number of esters is 2. The lowest BCUT2D eigenvalue weighted by atomic mass is 9.72. The van der Waals surface area contributed by atoms with Crippen LogP contribution in [-0.2, 0) is 29.3 Å². The molecule has 0 aliphatic carbocycles. The number of rotatable bonds is 13. The van der Waals surface area contributed by atoms with Crippen LogP contribution in [0, 0.1) is 21.4 Å². The molecule has 0 radical (unpaired) electrons. The summed E-state index contributed by atoms with van der Waals surface area (Å²) in [6, 6.07) is 15.1. The number of piperidine rings is 1. The van der Waals surface area contributed by atoms with Gasteiger partial charge in [0.25, 0.3) is 5.69 Å². The van der Waals surface area contributed by atoms with Gasteiger partial charge in [0.15, 0.2) is 0 Å². The minimum atomic E-state index is -1.08. The SMILES string of the molecule is CCN(C(=O)CCCN1CCC(C(=O)OC)(c2ccccc2)CC1)C1=C(C(=O)OCCC#N)C(c2ccc([N+](=O)[O-])cc2)NC(=O)N1. The number of nitrogens with one attached hydrogen (secondary N) is 2. The summed E-state index contributed by atoms with van der Waals surface area (Å²) in [6.07, 6.45) is 1.68. The van der Waals surface area contributed by atoms with Gasteiger partial charge in [-0.1, -0.05) is 30.3 Å². The van der Waals surface area contributed by atoms with Gasteiger partial charge in [0.1, 0.15) is 18.0 Å². The summed E-state index contributed by atoms with van der Waals surface area (Å²) in [7, 11) is 1.40. The van der Waals surface area contributed by atoms with Crippen molar-refractivity contribution in [3.05, 3.63) is 87.2 Å². The zero-order chi connectivity index (χ0) is 34.0. The summed E-state index contributed by atoms with van der Waals surface area (Å²) in [6.45, 7) is 3.50. The first-order valence-corrected chi connectivity index (χ1v) is 15.4. The molecule has 2 aliphatic rings. The zero-order valence-corrected chi connectivity index (χ0v) is 26.4. The van der Waals surface area contributed by atoms with Crippen LogP contribution in [0.1, 0.15) is 56.2 Å². The number of nitrogens with zero attached hydrogens (tertiary/aromatic N) is 4. The second-order valence-corrected chi connectivity index (χ2v) is 11.2. The van der Waals surface area contributed by atoms with E-state index in [2.05, 4.69) is 15.5 Å². The number of carbonyl (C=O) groups is 4. The van der Waals surface area contributed by atoms with E-state index in [0.29, 0.717) is 44.5 Å². The Hall–Kier alpha value is -5.29. The Morgan fingerprint density at radius 2 is 1.81 bits per heavy atom. The molecule has 0 saturated carbocycles. The van der Waals surface area contributed by atoms with Crippen molar-refractivity contribution in [2.75, 3.05) is 39.9 Å². The Labute approximate surface area is 272 Å². The number of carbonyl (C=O) groups excluding carboxylic acids is 4. The molecule has 14 nitrogen and oxygen atoms in total. The van der Waals surface area contributed by atoms with Gasteiger partial charge >= 0.3 is 18.0 Å². The zero-order valence-electron chi connectivity index (χ0n) is 26.4. The van der Waals surface area contributed by atoms with E-state index in [9.17, 15) is 29.3 Å². The number of urea groups is 1. The fourth-order valence-corrected chi connectivity index (χ4v) is 6.05. The number of methoxy groups -OCH3 is 1. The van der Waals surface area contributed by atoms with Crippen molar-refractivity contribution in [2.45, 2.75) is 50.5 Å². The Morgan fingerprint density at radius 3 is 2.40 bits per heavy atom. The summed E-state index contributed by atoms with van der Waals surface area (Å²) in [5.41, 5.74) is 0.322. The van der Waals surface area contributed by atoms with Gasteiger partial charge in [-0.05, 0) is 69.1 Å². The number of benzene rings is 2. The number of likely N-dealkylation sites (tertiary alicyclic amines) is 1. The highest BCUT2D eigenvalue weighted by molar-refractivity contribution is 5.96. The van der Waals surface area contributed by atoms with Crippen LogP contribution in [-0.4, -0.2) is 78.5 Å². The Morgan fingerprint density at radius 1 is 1.13 bits per heavy atom. The first kappa shape index (κ1) is 34.6. The molecule has 1 atom stereocenters. The Kier molecular flexibility index (Phi) is 11.6. The standard InChI is InChI=1S/C33H38N6O8/c1-3-38(26(40)11-7-19-37-20-16-33(17-21-37,31(42)46-2)24-9-5-4-6-10-24)29-27(30(41)47-22-8-18-34)28(35-32(43)36-29)23-12-14-25(15-13-23)39(44)45/h4-6,9-10,12-15,28H,3,7-8,11,16-17,19-22H2,1-2H3,(H2,35,36,43). The number of non-ortho nitro benzene ring substituents is 1. The monoisotopic (exact) mass is 646 g/mol. The van der Waals surface area contributed by atoms with Crippen LogP contribution in [0.25, 0.3) is 0 Å². The van der Waals surface area contributed by atoms with Crippen molar-refractivity contribution in [3.8, 4) is 6.07 Å². The number of hydrogen-bond acceptors (Lipinski definition) is 10. The van der Waals surface area contributed by atoms with Crippen molar-refractivity contribution in [1.29, 1.82) is 5.26 Å². The van der Waals surface area contributed by atoms with Crippen LogP contribution in [0.5, 0.6) is 0 Å². The molecular formula is C33H38N6O8. The van der Waals surface area contributed by atoms with E-state index in [1.807, 2.05) is 36.4 Å². The van der Waals surface area contributed by atoms with Crippen LogP contribution in [0.3, 0.4) is 0 Å². The largest absolute Gasteiger partial charge is 0.468 e. The topological polar surface area (TPSA) is 184 Å². The maximum absolute atomic E-state index is 13.6. The normalized spacial score (nSPS) is 17.5. The quantitative estimate of drug-likeness (QED) is 0.141. The summed E-state index contributed by atoms with van der Waals surface area (Å²) in [4.78, 5) is 66.8. The van der Waals surface area contributed by atoms with Crippen LogP contribution in [0.15, 0.2) is 66.0 Å². The van der Waals surface area contributed by atoms with E-state index >= 15 is 0 Å². The molecule has 0 bridgehead atoms. The molecule has 47 heavy (non-hydrogen) atoms. The smallest absolute Gasteiger partial charge is 0.340 e. The molecule has 3 amide bonds. The number of nitriles is 1. The third kappa shape index (κ3) is 7.93. The number of nitro benzene ring substituents is 1. The second kappa shape index (κ2) is 15.8. The molecule has 2 aromatic carbocycles. The van der Waals surface area contributed by atoms with E-state index < -0.39 is 28.4 Å². The van der Waals surface area contributed by atoms with Gasteiger partial charge < -0.3 is 19.7 Å². The van der Waals surface area contributed by atoms with E-state index in [0.717, 1.165) is 5.56 Å². The third-order valence-electron chi connectivity index (χ3n) is 8.52. The highest BCUT2D eigenvalue weighted by Gasteiger charge is 2.44. The van der Waals surface area contributed by atoms with Gasteiger partial charge in [-0.3, -0.25) is 29.9 Å². The molecule has 2 aliphatic heterocycles. The van der Waals surface area contributed by atoms with Crippen molar-refractivity contribution in [3.63, 3.8) is 0 Å². The van der Waals surface area contributed by atoms with Gasteiger partial charge in [0.2, 0.25) is 5.91 Å². The first-order chi connectivity index (χ1) is 22.6. The van der Waals surface area contributed by atoms with Gasteiger partial charge in [-0.2, -0.15) is 5.26 Å². The molecule has 0 spiro atoms. The Balaban J connectivity index is 1.49. The summed E-state index contributed by atoms with van der Waals surface area (Å²) in [5, 5.41) is 25.3. The van der Waals surface area contributed by atoms with Crippen LogP contribution in [0.2, 0.25) is 0 Å². The van der Waals surface area contributed by atoms with Crippen molar-refractivity contribution in [2.24, 2.45) is 0 Å². The molecule has 0 aromatic heterocycles. The number of amides is 3. The fraction of sp³-hybridized carbons (Fsp3) is 0.424. The van der Waals surface area contributed by atoms with Crippen molar-refractivity contribution < 1.29 is 33.6 Å². The molecule has 1 saturated heterocycles. The van der Waals surface area contributed by atoms with E-state index in [4.69, 9.17) is 14.7 Å². The molecular weight excluding hydrogens is 608 g/mol. The third-order valence-corrected chi connectivity index (χ3v) is 8.52. The van der Waals surface area contributed by atoms with Crippen LogP contribution >= 0.6 is 0 Å². The Bertz CT molecular complexity index is 1540. The maximum Gasteiger partial charge on any atom is 0.340 e. The van der Waals surface area contributed by atoms with E-state index in [1.165, 1.54) is 36.3 Å². The van der Waals surface area contributed by atoms with Crippen molar-refractivity contribution >= 4 is 29.6 Å². The lowest BCUT2D eigenvalue weighted by Crippen LogP contribution is -2.51. The van der Waals surface area contributed by atoms with Crippen LogP contribution in [0.4, 0.5) is 10.5 Å². The molecule has 2 heterocycles. The van der Waals surface area contributed by atoms with E-state index in [-0.39, 0.29) is 55.0 Å². The molecule has 248 valence electrons. The molecule has 1 fully saturated rings. The second-order valence-electron chi connectivity index (χ2n) is 11.2. The summed E-state index contributed by atoms with van der Waals surface area (Å²) in [5.74, 6) is -1.49. The predicted molar refractivity (Wildman–Crippen MR) is 168 cm³/mol. The molecule has 4 rings (SSSR count). The lowest BCUT2D eigenvalue weighted by molar-refractivity contribution is -0.384. The summed E-state index contributed by atoms with van der Waals surface area (Å²) >= 11 is 0. The average Bonchev–Trinajstić information content (AvgIpc) is 3.08. The first-order valence-electron chi connectivity index (χ1n) is 15.4. The van der Waals surface area contributed by atoms with Gasteiger partial charge in [0.05, 0.1) is 36.0 Å². The molecule has 1 unspecified atom stereocenters. The van der Waals surface area contributed by atoms with E-state index in [1.54, 1.807) is 6.92 Å². The summed E-state index contributed by atoms with van der Waals surface area (Å²) < 4.78 is 10.5. The number of hydrogen-bond donors (Lipinski definition) is 2. The van der Waals surface area contributed by atoms with Crippen LogP contribution < -0.4 is 10.6 Å². The minimum Gasteiger partial charge on any atom is -0.468 e. The van der Waals surface area contributed by atoms with Gasteiger partial charge in [-0.25, -0.2) is 9.59 Å². The minimum absolute atomic E-state index is 0.0461. The molecule has 2 aromatic rings. The average molecular weight is 647 g/mol. The predicted octanol–water partition coefficient (Wildman–Crippen LogP) is 3.45.